The first kappa shape index (κ1) is 17.7. The molecule has 0 saturated carbocycles. The summed E-state index contributed by atoms with van der Waals surface area (Å²) in [5.41, 5.74) is -0.0776. The average molecular weight is 339 g/mol. The lowest BCUT2D eigenvalue weighted by atomic mass is 10.0. The maximum Gasteiger partial charge on any atom is 0.335 e. The van der Waals surface area contributed by atoms with E-state index in [1.807, 2.05) is 0 Å². The zero-order valence-corrected chi connectivity index (χ0v) is 13.6. The Morgan fingerprint density at radius 1 is 1.43 bits per heavy atom. The molecule has 1 aromatic carbocycles. The van der Waals surface area contributed by atoms with Crippen molar-refractivity contribution in [1.82, 2.24) is 4.90 Å². The molecule has 23 heavy (non-hydrogen) atoms. The fraction of sp³-hybridized carbons (Fsp3) is 0.438. The van der Waals surface area contributed by atoms with Gasteiger partial charge in [0.1, 0.15) is 5.37 Å². The normalized spacial score (nSPS) is 20.8. The van der Waals surface area contributed by atoms with Crippen molar-refractivity contribution in [2.75, 3.05) is 13.2 Å². The first-order valence-electron chi connectivity index (χ1n) is 7.48. The number of likely N-dealkylation sites (tertiary alicyclic amines) is 1. The van der Waals surface area contributed by atoms with Crippen molar-refractivity contribution in [1.29, 1.82) is 0 Å². The molecule has 0 aliphatic carbocycles. The van der Waals surface area contributed by atoms with E-state index >= 15 is 0 Å². The van der Waals surface area contributed by atoms with Gasteiger partial charge in [0.2, 0.25) is 0 Å². The number of aliphatic hydroxyl groups is 1. The van der Waals surface area contributed by atoms with Crippen LogP contribution in [0.1, 0.15) is 29.6 Å². The number of nitrogens with zero attached hydrogens (tertiary/aromatic N) is 1. The molecule has 1 saturated heterocycles. The SMILES string of the molecule is C=CC(N1CCCCC1CO)S(=O)(=O)c1cccc(C(=O)O)c1. The quantitative estimate of drug-likeness (QED) is 0.763. The fourth-order valence-electron chi connectivity index (χ4n) is 2.94. The number of piperidine rings is 1. The molecule has 0 aromatic heterocycles. The Morgan fingerprint density at radius 3 is 2.78 bits per heavy atom. The van der Waals surface area contributed by atoms with Crippen molar-refractivity contribution < 1.29 is 23.4 Å². The van der Waals surface area contributed by atoms with Crippen LogP contribution in [0.3, 0.4) is 0 Å². The number of carboxylic acid groups (broad SMARTS) is 1. The smallest absolute Gasteiger partial charge is 0.335 e. The van der Waals surface area contributed by atoms with E-state index in [4.69, 9.17) is 5.11 Å². The second-order valence-electron chi connectivity index (χ2n) is 5.57. The van der Waals surface area contributed by atoms with E-state index in [9.17, 15) is 18.3 Å². The first-order chi connectivity index (χ1) is 10.9. The summed E-state index contributed by atoms with van der Waals surface area (Å²) in [6, 6.07) is 5.07. The molecule has 2 N–H and O–H groups in total. The number of carbonyl (C=O) groups is 1. The number of hydrogen-bond acceptors (Lipinski definition) is 5. The van der Waals surface area contributed by atoms with Crippen LogP contribution in [-0.2, 0) is 9.84 Å². The highest BCUT2D eigenvalue weighted by Gasteiger charge is 2.36. The molecule has 0 bridgehead atoms. The standard InChI is InChI=1S/C16H21NO5S/c1-2-15(17-9-4-3-7-13(17)11-18)23(21,22)14-8-5-6-12(10-14)16(19)20/h2,5-6,8,10,13,15,18H,1,3-4,7,9,11H2,(H,19,20). The second kappa shape index (κ2) is 7.25. The predicted molar refractivity (Wildman–Crippen MR) is 86.0 cm³/mol. The molecular weight excluding hydrogens is 318 g/mol. The van der Waals surface area contributed by atoms with Crippen molar-refractivity contribution in [3.05, 3.63) is 42.5 Å². The maximum atomic E-state index is 12.9. The van der Waals surface area contributed by atoms with Gasteiger partial charge in [0.25, 0.3) is 0 Å². The van der Waals surface area contributed by atoms with Crippen LogP contribution in [0.15, 0.2) is 41.8 Å². The summed E-state index contributed by atoms with van der Waals surface area (Å²) in [6.45, 7) is 4.07. The van der Waals surface area contributed by atoms with Gasteiger partial charge in [-0.05, 0) is 31.0 Å². The molecule has 2 rings (SSSR count). The molecule has 0 amide bonds. The van der Waals surface area contributed by atoms with E-state index in [0.717, 1.165) is 25.3 Å². The second-order valence-corrected chi connectivity index (χ2v) is 7.62. The van der Waals surface area contributed by atoms with Crippen LogP contribution in [0.4, 0.5) is 0 Å². The molecule has 6 nitrogen and oxygen atoms in total. The van der Waals surface area contributed by atoms with Gasteiger partial charge in [-0.15, -0.1) is 6.58 Å². The Bertz CT molecular complexity index is 685. The average Bonchev–Trinajstić information content (AvgIpc) is 2.56. The molecule has 7 heteroatoms. The van der Waals surface area contributed by atoms with Crippen molar-refractivity contribution in [2.45, 2.75) is 35.6 Å². The molecule has 0 spiro atoms. The summed E-state index contributed by atoms with van der Waals surface area (Å²) in [6.07, 6.45) is 3.87. The fourth-order valence-corrected chi connectivity index (χ4v) is 4.67. The molecule has 1 heterocycles. The Kier molecular flexibility index (Phi) is 5.56. The number of rotatable bonds is 6. The highest BCUT2D eigenvalue weighted by molar-refractivity contribution is 7.92. The van der Waals surface area contributed by atoms with E-state index in [0.29, 0.717) is 6.54 Å². The van der Waals surface area contributed by atoms with Crippen LogP contribution < -0.4 is 0 Å². The minimum absolute atomic E-state index is 0.0513. The zero-order chi connectivity index (χ0) is 17.0. The number of aliphatic hydroxyl groups excluding tert-OH is 1. The largest absolute Gasteiger partial charge is 0.478 e. The molecule has 1 aromatic rings. The van der Waals surface area contributed by atoms with Gasteiger partial charge in [-0.2, -0.15) is 0 Å². The van der Waals surface area contributed by atoms with Crippen molar-refractivity contribution in [2.24, 2.45) is 0 Å². The molecule has 2 unspecified atom stereocenters. The van der Waals surface area contributed by atoms with Crippen molar-refractivity contribution in [3.8, 4) is 0 Å². The van der Waals surface area contributed by atoms with Gasteiger partial charge >= 0.3 is 5.97 Å². The summed E-state index contributed by atoms with van der Waals surface area (Å²) in [5.74, 6) is -1.18. The molecule has 126 valence electrons. The summed E-state index contributed by atoms with van der Waals surface area (Å²) >= 11 is 0. The van der Waals surface area contributed by atoms with Crippen LogP contribution in [0.2, 0.25) is 0 Å². The lowest BCUT2D eigenvalue weighted by molar-refractivity contribution is 0.0696. The Labute approximate surface area is 136 Å². The van der Waals surface area contributed by atoms with E-state index in [2.05, 4.69) is 6.58 Å². The van der Waals surface area contributed by atoms with Crippen molar-refractivity contribution >= 4 is 15.8 Å². The van der Waals surface area contributed by atoms with Gasteiger partial charge in [0.05, 0.1) is 17.1 Å². The zero-order valence-electron chi connectivity index (χ0n) is 12.8. The Morgan fingerprint density at radius 2 is 2.17 bits per heavy atom. The summed E-state index contributed by atoms with van der Waals surface area (Å²) in [7, 11) is -3.82. The van der Waals surface area contributed by atoms with E-state index < -0.39 is 21.2 Å². The maximum absolute atomic E-state index is 12.9. The number of carboxylic acids is 1. The third kappa shape index (κ3) is 3.63. The topological polar surface area (TPSA) is 94.9 Å². The third-order valence-electron chi connectivity index (χ3n) is 4.14. The monoisotopic (exact) mass is 339 g/mol. The summed E-state index contributed by atoms with van der Waals surface area (Å²) < 4.78 is 25.8. The van der Waals surface area contributed by atoms with Crippen LogP contribution in [0.25, 0.3) is 0 Å². The lowest BCUT2D eigenvalue weighted by Gasteiger charge is -2.38. The predicted octanol–water partition coefficient (Wildman–Crippen LogP) is 1.52. The lowest BCUT2D eigenvalue weighted by Crippen LogP contribution is -2.50. The number of aromatic carboxylic acids is 1. The third-order valence-corrected chi connectivity index (χ3v) is 6.15. The Hall–Kier alpha value is -1.70. The van der Waals surface area contributed by atoms with E-state index in [1.165, 1.54) is 24.3 Å². The summed E-state index contributed by atoms with van der Waals surface area (Å²) in [4.78, 5) is 12.7. The molecule has 1 aliphatic rings. The highest BCUT2D eigenvalue weighted by atomic mass is 32.2. The molecule has 2 atom stereocenters. The molecular formula is C16H21NO5S. The van der Waals surface area contributed by atoms with Crippen LogP contribution in [0, 0.1) is 0 Å². The summed E-state index contributed by atoms with van der Waals surface area (Å²) in [5, 5.41) is 17.6. The number of benzene rings is 1. The van der Waals surface area contributed by atoms with E-state index in [-0.39, 0.29) is 23.1 Å². The van der Waals surface area contributed by atoms with Gasteiger partial charge in [-0.25, -0.2) is 13.2 Å². The van der Waals surface area contributed by atoms with E-state index in [1.54, 1.807) is 4.90 Å². The van der Waals surface area contributed by atoms with Crippen LogP contribution in [0.5, 0.6) is 0 Å². The number of sulfone groups is 1. The minimum atomic E-state index is -3.82. The van der Waals surface area contributed by atoms with Gasteiger partial charge in [0, 0.05) is 12.6 Å². The minimum Gasteiger partial charge on any atom is -0.478 e. The number of hydrogen-bond donors (Lipinski definition) is 2. The van der Waals surface area contributed by atoms with Gasteiger partial charge in [0.15, 0.2) is 9.84 Å². The van der Waals surface area contributed by atoms with Crippen LogP contribution in [-0.4, -0.2) is 54.1 Å². The molecule has 1 fully saturated rings. The van der Waals surface area contributed by atoms with Gasteiger partial charge in [-0.3, -0.25) is 4.90 Å². The first-order valence-corrected chi connectivity index (χ1v) is 9.03. The van der Waals surface area contributed by atoms with Gasteiger partial charge < -0.3 is 10.2 Å². The highest BCUT2D eigenvalue weighted by Crippen LogP contribution is 2.27. The molecule has 1 aliphatic heterocycles. The molecule has 0 radical (unpaired) electrons. The van der Waals surface area contributed by atoms with Gasteiger partial charge in [-0.1, -0.05) is 18.6 Å². The Balaban J connectivity index is 2.40. The van der Waals surface area contributed by atoms with Crippen molar-refractivity contribution in [3.63, 3.8) is 0 Å². The van der Waals surface area contributed by atoms with Crippen LogP contribution >= 0.6 is 0 Å².